The minimum Gasteiger partial charge on any atom is -0.478 e. The number of aryl methyl sites for hydroxylation is 2. The second kappa shape index (κ2) is 20.3. The number of halogens is 6. The summed E-state index contributed by atoms with van der Waals surface area (Å²) in [5.74, 6) is -0.631. The summed E-state index contributed by atoms with van der Waals surface area (Å²) in [7, 11) is 0. The first-order valence-corrected chi connectivity index (χ1v) is 23.5. The summed E-state index contributed by atoms with van der Waals surface area (Å²) in [6.07, 6.45) is -7.12. The molecule has 6 aromatic rings. The molecule has 2 aliphatic heterocycles. The number of Topliss-reactive ketones (excluding diaryl/α,β-unsaturated/α-hetero) is 1. The van der Waals surface area contributed by atoms with E-state index in [2.05, 4.69) is 26.9 Å². The standard InChI is InChI=1S/C29H28F3N5O2.C24H23F3N4O3/c1-18(21-6-8-22(9-7-21)24(38)15-28(17-33)10-11-28)34-26(39)25-19(2)35-37-13-12-36(27(25)37)16-20-4-3-5-23(14-20)29(30,31)32;1-14(17-6-8-18(9-7-17)23(33)34)28-21(32)20-15(2)29-31-11-10-30(22(20)31)13-16-4-3-5-19(12-16)24(25,26)27/h3-9,14,18H,10-13,15-16H2,1-2H3,(H,34,39);3-9,12,14H,10-11,13H2,1-2H3,(H,28,32)(H,33,34)/t18-;14-/m00/s1. The van der Waals surface area contributed by atoms with E-state index >= 15 is 0 Å². The summed E-state index contributed by atoms with van der Waals surface area (Å²) in [4.78, 5) is 53.9. The molecule has 14 nitrogen and oxygen atoms in total. The lowest BCUT2D eigenvalue weighted by Crippen LogP contribution is -2.29. The Morgan fingerprint density at radius 2 is 1.07 bits per heavy atom. The zero-order valence-corrected chi connectivity index (χ0v) is 40.2. The van der Waals surface area contributed by atoms with E-state index in [9.17, 15) is 50.8 Å². The number of amides is 2. The van der Waals surface area contributed by atoms with Gasteiger partial charge in [-0.25, -0.2) is 14.2 Å². The van der Waals surface area contributed by atoms with Gasteiger partial charge in [0.15, 0.2) is 5.78 Å². The maximum Gasteiger partial charge on any atom is 0.416 e. The normalized spacial score (nSPS) is 15.3. The third-order valence-corrected chi connectivity index (χ3v) is 13.3. The quantitative estimate of drug-likeness (QED) is 0.0703. The number of hydrogen-bond donors (Lipinski definition) is 3. The van der Waals surface area contributed by atoms with Crippen molar-refractivity contribution in [3.8, 4) is 6.07 Å². The second-order valence-corrected chi connectivity index (χ2v) is 18.7. The average molecular weight is 1010 g/mol. The van der Waals surface area contributed by atoms with Gasteiger partial charge >= 0.3 is 18.3 Å². The fourth-order valence-corrected chi connectivity index (χ4v) is 9.17. The number of anilines is 2. The highest BCUT2D eigenvalue weighted by molar-refractivity contribution is 6.01. The van der Waals surface area contributed by atoms with Crippen molar-refractivity contribution >= 4 is 35.2 Å². The van der Waals surface area contributed by atoms with E-state index in [1.54, 1.807) is 78.7 Å². The lowest BCUT2D eigenvalue weighted by molar-refractivity contribution is -0.138. The van der Waals surface area contributed by atoms with Gasteiger partial charge in [-0.05, 0) is 99.2 Å². The summed E-state index contributed by atoms with van der Waals surface area (Å²) < 4.78 is 82.3. The van der Waals surface area contributed by atoms with Crippen LogP contribution in [0.2, 0.25) is 0 Å². The molecule has 0 saturated heterocycles. The zero-order valence-electron chi connectivity index (χ0n) is 40.2. The molecule has 0 spiro atoms. The zero-order chi connectivity index (χ0) is 52.6. The van der Waals surface area contributed by atoms with Gasteiger partial charge < -0.3 is 25.5 Å². The number of benzene rings is 4. The third-order valence-electron chi connectivity index (χ3n) is 13.3. The maximum absolute atomic E-state index is 13.4. The van der Waals surface area contributed by atoms with E-state index in [0.29, 0.717) is 77.0 Å². The Morgan fingerprint density at radius 1 is 0.658 bits per heavy atom. The molecule has 20 heteroatoms. The number of aromatic nitrogens is 4. The first kappa shape index (κ1) is 51.4. The fraction of sp³-hybridized carbons (Fsp3) is 0.340. The topological polar surface area (TPSA) is 178 Å². The fourth-order valence-electron chi connectivity index (χ4n) is 9.17. The molecular weight excluding hydrogens is 957 g/mol. The van der Waals surface area contributed by atoms with Gasteiger partial charge in [-0.15, -0.1) is 0 Å². The molecule has 2 amide bonds. The number of carboxylic acids is 1. The maximum atomic E-state index is 13.4. The van der Waals surface area contributed by atoms with Crippen LogP contribution in [0.15, 0.2) is 97.1 Å². The van der Waals surface area contributed by atoms with E-state index in [1.165, 1.54) is 24.3 Å². The molecule has 3 N–H and O–H groups in total. The number of ketones is 1. The monoisotopic (exact) mass is 1010 g/mol. The molecule has 1 aliphatic carbocycles. The Balaban J connectivity index is 0.000000197. The Labute approximate surface area is 416 Å². The van der Waals surface area contributed by atoms with Crippen LogP contribution in [-0.2, 0) is 38.5 Å². The van der Waals surface area contributed by atoms with Gasteiger partial charge in [-0.3, -0.25) is 14.4 Å². The van der Waals surface area contributed by atoms with Crippen molar-refractivity contribution in [2.45, 2.75) is 97.6 Å². The van der Waals surface area contributed by atoms with Gasteiger partial charge in [0.05, 0.1) is 64.7 Å². The predicted molar refractivity (Wildman–Crippen MR) is 257 cm³/mol. The van der Waals surface area contributed by atoms with Crippen LogP contribution in [0.1, 0.15) is 131 Å². The smallest absolute Gasteiger partial charge is 0.416 e. The molecule has 0 radical (unpaired) electrons. The first-order chi connectivity index (χ1) is 34.5. The van der Waals surface area contributed by atoms with E-state index in [4.69, 9.17) is 5.11 Å². The van der Waals surface area contributed by atoms with Crippen LogP contribution in [0, 0.1) is 30.6 Å². The third kappa shape index (κ3) is 11.4. The molecule has 2 aromatic heterocycles. The van der Waals surface area contributed by atoms with Crippen LogP contribution < -0.4 is 20.4 Å². The molecule has 0 bridgehead atoms. The Morgan fingerprint density at radius 3 is 1.44 bits per heavy atom. The van der Waals surface area contributed by atoms with Gasteiger partial charge in [0, 0.05) is 38.2 Å². The van der Waals surface area contributed by atoms with Crippen LogP contribution in [0.3, 0.4) is 0 Å². The van der Waals surface area contributed by atoms with Crippen molar-refractivity contribution in [3.63, 3.8) is 0 Å². The molecule has 73 heavy (non-hydrogen) atoms. The molecule has 1 saturated carbocycles. The number of carbonyl (C=O) groups excluding carboxylic acids is 3. The number of carbonyl (C=O) groups is 4. The van der Waals surface area contributed by atoms with E-state index in [1.807, 2.05) is 16.7 Å². The SMILES string of the molecule is Cc1nn2c(c1C(=O)N[C@@H](C)c1ccc(C(=O)CC3(C#N)CC3)cc1)N(Cc1cccc(C(F)(F)F)c1)CC2.Cc1nn2c(c1C(=O)N[C@@H](C)c1ccc(C(=O)O)cc1)N(Cc1cccc(C(F)(F)F)c1)CC2. The molecule has 4 aromatic carbocycles. The summed E-state index contributed by atoms with van der Waals surface area (Å²) in [5, 5.41) is 33.1. The van der Waals surface area contributed by atoms with Gasteiger partial charge in [0.2, 0.25) is 0 Å². The van der Waals surface area contributed by atoms with Crippen LogP contribution in [0.5, 0.6) is 0 Å². The molecule has 4 heterocycles. The van der Waals surface area contributed by atoms with E-state index < -0.39 is 40.9 Å². The number of alkyl halides is 6. The molecular formula is C53H51F6N9O5. The summed E-state index contributed by atoms with van der Waals surface area (Å²) >= 11 is 0. The minimum absolute atomic E-state index is 0.0655. The van der Waals surface area contributed by atoms with Crippen LogP contribution >= 0.6 is 0 Å². The van der Waals surface area contributed by atoms with E-state index in [0.717, 1.165) is 48.2 Å². The van der Waals surface area contributed by atoms with Gasteiger partial charge in [-0.2, -0.15) is 41.8 Å². The molecule has 1 fully saturated rings. The predicted octanol–water partition coefficient (Wildman–Crippen LogP) is 10.0. The summed E-state index contributed by atoms with van der Waals surface area (Å²) in [6, 6.07) is 25.1. The van der Waals surface area contributed by atoms with Gasteiger partial charge in [0.1, 0.15) is 22.8 Å². The first-order valence-electron chi connectivity index (χ1n) is 23.5. The molecule has 380 valence electrons. The van der Waals surface area contributed by atoms with Crippen LogP contribution in [0.4, 0.5) is 38.0 Å². The minimum atomic E-state index is -4.43. The Bertz CT molecular complexity index is 3120. The van der Waals surface area contributed by atoms with Gasteiger partial charge in [0.25, 0.3) is 11.8 Å². The largest absolute Gasteiger partial charge is 0.478 e. The van der Waals surface area contributed by atoms with Crippen molar-refractivity contribution in [3.05, 3.63) is 164 Å². The van der Waals surface area contributed by atoms with Crippen LogP contribution in [0.25, 0.3) is 0 Å². The highest BCUT2D eigenvalue weighted by atomic mass is 19.4. The van der Waals surface area contributed by atoms with Crippen molar-refractivity contribution in [2.75, 3.05) is 22.9 Å². The Hall–Kier alpha value is -7.95. The highest BCUT2D eigenvalue weighted by Crippen LogP contribution is 2.48. The second-order valence-electron chi connectivity index (χ2n) is 18.7. The molecule has 3 aliphatic rings. The van der Waals surface area contributed by atoms with Crippen LogP contribution in [-0.4, -0.2) is 61.3 Å². The number of nitrogens with zero attached hydrogens (tertiary/aromatic N) is 7. The molecule has 0 unspecified atom stereocenters. The lowest BCUT2D eigenvalue weighted by Gasteiger charge is -2.21. The number of nitrogens with one attached hydrogen (secondary N) is 2. The average Bonchev–Trinajstić information content (AvgIpc) is 3.52. The highest BCUT2D eigenvalue weighted by Gasteiger charge is 2.45. The molecule has 9 rings (SSSR count). The van der Waals surface area contributed by atoms with Crippen molar-refractivity contribution < 1.29 is 50.6 Å². The van der Waals surface area contributed by atoms with Crippen molar-refractivity contribution in [1.82, 2.24) is 30.2 Å². The van der Waals surface area contributed by atoms with E-state index in [-0.39, 0.29) is 48.7 Å². The van der Waals surface area contributed by atoms with Gasteiger partial charge in [-0.1, -0.05) is 60.7 Å². The van der Waals surface area contributed by atoms with Crippen molar-refractivity contribution in [2.24, 2.45) is 5.41 Å². The number of rotatable bonds is 14. The molecule has 2 atom stereocenters. The number of aromatic carboxylic acids is 1. The lowest BCUT2D eigenvalue weighted by atomic mass is 9.96. The number of carboxylic acid groups (broad SMARTS) is 1. The number of fused-ring (bicyclic) bond motifs is 2. The number of nitriles is 1. The van der Waals surface area contributed by atoms with Crippen molar-refractivity contribution in [1.29, 1.82) is 5.26 Å². The number of hydrogen-bond acceptors (Lipinski definition) is 9. The summed E-state index contributed by atoms with van der Waals surface area (Å²) in [5.41, 5.74) is 3.12. The Kier molecular flexibility index (Phi) is 14.3. The summed E-state index contributed by atoms with van der Waals surface area (Å²) in [6.45, 7) is 9.60.